The van der Waals surface area contributed by atoms with Crippen molar-refractivity contribution in [2.75, 3.05) is 16.8 Å². The number of aromatic nitrogens is 2. The first-order valence-electron chi connectivity index (χ1n) is 8.37. The molecule has 1 N–H and O–H groups in total. The largest absolute Gasteiger partial charge is 0.323 e. The van der Waals surface area contributed by atoms with E-state index in [-0.39, 0.29) is 30.5 Å². The van der Waals surface area contributed by atoms with Crippen LogP contribution in [0, 0.1) is 0 Å². The fourth-order valence-corrected chi connectivity index (χ4v) is 3.17. The zero-order chi connectivity index (χ0) is 17.4. The molecule has 2 aromatic rings. The van der Waals surface area contributed by atoms with Crippen molar-refractivity contribution >= 4 is 23.2 Å². The average molecular weight is 338 g/mol. The van der Waals surface area contributed by atoms with Gasteiger partial charge in [-0.25, -0.2) is 4.98 Å². The van der Waals surface area contributed by atoms with Crippen LogP contribution in [0.5, 0.6) is 0 Å². The van der Waals surface area contributed by atoms with Crippen LogP contribution in [-0.4, -0.2) is 27.9 Å². The summed E-state index contributed by atoms with van der Waals surface area (Å²) in [6, 6.07) is 8.63. The van der Waals surface area contributed by atoms with Crippen LogP contribution in [-0.2, 0) is 16.1 Å². The van der Waals surface area contributed by atoms with E-state index in [1.54, 1.807) is 24.3 Å². The Bertz CT molecular complexity index is 901. The summed E-state index contributed by atoms with van der Waals surface area (Å²) < 4.78 is 1.29. The van der Waals surface area contributed by atoms with Crippen molar-refractivity contribution in [1.29, 1.82) is 0 Å². The molecule has 25 heavy (non-hydrogen) atoms. The summed E-state index contributed by atoms with van der Waals surface area (Å²) >= 11 is 0. The molecule has 1 saturated carbocycles. The van der Waals surface area contributed by atoms with E-state index in [9.17, 15) is 14.4 Å². The van der Waals surface area contributed by atoms with Gasteiger partial charge in [0.25, 0.3) is 5.56 Å². The first-order chi connectivity index (χ1) is 12.1. The number of nitrogens with zero attached hydrogens (tertiary/aromatic N) is 3. The van der Waals surface area contributed by atoms with Crippen LogP contribution < -0.4 is 15.8 Å². The number of anilines is 2. The molecule has 0 spiro atoms. The molecule has 2 aliphatic rings. The zero-order valence-corrected chi connectivity index (χ0v) is 13.6. The number of carbonyl (C=O) groups excluding carboxylic acids is 2. The lowest BCUT2D eigenvalue weighted by atomic mass is 9.83. The highest BCUT2D eigenvalue weighted by Gasteiger charge is 2.27. The van der Waals surface area contributed by atoms with Crippen LogP contribution in [0.4, 0.5) is 11.4 Å². The fourth-order valence-electron chi connectivity index (χ4n) is 3.17. The molecule has 1 aromatic heterocycles. The van der Waals surface area contributed by atoms with E-state index >= 15 is 0 Å². The van der Waals surface area contributed by atoms with Crippen LogP contribution >= 0.6 is 0 Å². The molecule has 1 aliphatic heterocycles. The molecule has 1 fully saturated rings. The number of hydrogen-bond acceptors (Lipinski definition) is 4. The molecule has 0 saturated heterocycles. The molecule has 0 atom stereocenters. The quantitative estimate of drug-likeness (QED) is 0.919. The molecule has 0 unspecified atom stereocenters. The molecular weight excluding hydrogens is 320 g/mol. The van der Waals surface area contributed by atoms with Crippen molar-refractivity contribution in [2.45, 2.75) is 31.7 Å². The Morgan fingerprint density at radius 1 is 1.24 bits per heavy atom. The van der Waals surface area contributed by atoms with Gasteiger partial charge >= 0.3 is 0 Å². The zero-order valence-electron chi connectivity index (χ0n) is 13.6. The van der Waals surface area contributed by atoms with Crippen LogP contribution in [0.25, 0.3) is 0 Å². The van der Waals surface area contributed by atoms with Gasteiger partial charge in [0.05, 0.1) is 23.4 Å². The SMILES string of the molecule is O=C1CN(C(=O)Cn2cnc(C3CCC3)cc2=O)c2ccccc2N1. The fraction of sp³-hybridized carbons (Fsp3) is 0.333. The molecule has 1 aromatic carbocycles. The van der Waals surface area contributed by atoms with Crippen LogP contribution in [0.3, 0.4) is 0 Å². The van der Waals surface area contributed by atoms with Gasteiger partial charge in [-0.1, -0.05) is 18.6 Å². The monoisotopic (exact) mass is 338 g/mol. The average Bonchev–Trinajstić information content (AvgIpc) is 2.55. The van der Waals surface area contributed by atoms with Crippen LogP contribution in [0.1, 0.15) is 30.9 Å². The van der Waals surface area contributed by atoms with Crippen molar-refractivity contribution in [3.8, 4) is 0 Å². The summed E-state index contributed by atoms with van der Waals surface area (Å²) in [6.45, 7) is -0.198. The molecule has 4 rings (SSSR count). The highest BCUT2D eigenvalue weighted by atomic mass is 16.2. The normalized spacial score (nSPS) is 16.8. The predicted octanol–water partition coefficient (Wildman–Crippen LogP) is 1.50. The maximum Gasteiger partial charge on any atom is 0.254 e. The smallest absolute Gasteiger partial charge is 0.254 e. The second-order valence-corrected chi connectivity index (χ2v) is 6.45. The summed E-state index contributed by atoms with van der Waals surface area (Å²) in [5.74, 6) is -0.198. The van der Waals surface area contributed by atoms with E-state index in [1.165, 1.54) is 28.3 Å². The lowest BCUT2D eigenvalue weighted by Crippen LogP contribution is -2.44. The highest BCUT2D eigenvalue weighted by Crippen LogP contribution is 2.34. The Kier molecular flexibility index (Phi) is 3.83. The second-order valence-electron chi connectivity index (χ2n) is 6.45. The molecule has 0 radical (unpaired) electrons. The number of amides is 2. The Morgan fingerprint density at radius 2 is 2.04 bits per heavy atom. The standard InChI is InChI=1S/C18H18N4O3/c23-16-9-22(15-7-2-1-6-13(15)20-16)18(25)10-21-11-19-14(8-17(21)24)12-4-3-5-12/h1-2,6-8,11-12H,3-5,9-10H2,(H,20,23). The molecule has 0 bridgehead atoms. The summed E-state index contributed by atoms with van der Waals surface area (Å²) in [6.07, 6.45) is 4.73. The lowest BCUT2D eigenvalue weighted by Gasteiger charge is -2.29. The van der Waals surface area contributed by atoms with Crippen molar-refractivity contribution in [3.63, 3.8) is 0 Å². The minimum absolute atomic E-state index is 0.0574. The first kappa shape index (κ1) is 15.6. The van der Waals surface area contributed by atoms with Crippen molar-refractivity contribution in [3.05, 3.63) is 52.7 Å². The van der Waals surface area contributed by atoms with Gasteiger partial charge in [-0.05, 0) is 25.0 Å². The van der Waals surface area contributed by atoms with Gasteiger partial charge in [0.1, 0.15) is 13.1 Å². The van der Waals surface area contributed by atoms with Crippen LogP contribution in [0.2, 0.25) is 0 Å². The third-order valence-corrected chi connectivity index (χ3v) is 4.80. The number of nitrogens with one attached hydrogen (secondary N) is 1. The Hall–Kier alpha value is -2.96. The third-order valence-electron chi connectivity index (χ3n) is 4.80. The predicted molar refractivity (Wildman–Crippen MR) is 92.5 cm³/mol. The Balaban J connectivity index is 1.56. The maximum atomic E-state index is 12.7. The van der Waals surface area contributed by atoms with Gasteiger partial charge in [-0.15, -0.1) is 0 Å². The molecule has 1 aliphatic carbocycles. The number of benzene rings is 1. The molecule has 128 valence electrons. The second kappa shape index (κ2) is 6.16. The number of carbonyl (C=O) groups is 2. The van der Waals surface area contributed by atoms with E-state index < -0.39 is 0 Å². The van der Waals surface area contributed by atoms with E-state index in [0.717, 1.165) is 18.5 Å². The summed E-state index contributed by atoms with van der Waals surface area (Å²) in [7, 11) is 0. The number of rotatable bonds is 3. The van der Waals surface area contributed by atoms with Gasteiger partial charge in [0.2, 0.25) is 11.8 Å². The summed E-state index contributed by atoms with van der Waals surface area (Å²) in [5, 5.41) is 2.74. The van der Waals surface area contributed by atoms with E-state index in [1.807, 2.05) is 0 Å². The van der Waals surface area contributed by atoms with Crippen molar-refractivity contribution in [1.82, 2.24) is 9.55 Å². The van der Waals surface area contributed by atoms with Gasteiger partial charge < -0.3 is 5.32 Å². The summed E-state index contributed by atoms with van der Waals surface area (Å²) in [5.41, 5.74) is 1.81. The van der Waals surface area contributed by atoms with Gasteiger partial charge in [0, 0.05) is 12.0 Å². The number of fused-ring (bicyclic) bond motifs is 1. The number of para-hydroxylation sites is 2. The van der Waals surface area contributed by atoms with Gasteiger partial charge in [-0.3, -0.25) is 23.9 Å². The van der Waals surface area contributed by atoms with E-state index in [0.29, 0.717) is 17.3 Å². The maximum absolute atomic E-state index is 12.7. The van der Waals surface area contributed by atoms with Gasteiger partial charge in [0.15, 0.2) is 0 Å². The molecule has 2 heterocycles. The first-order valence-corrected chi connectivity index (χ1v) is 8.37. The molecule has 7 heteroatoms. The minimum Gasteiger partial charge on any atom is -0.323 e. The molecule has 2 amide bonds. The van der Waals surface area contributed by atoms with E-state index in [2.05, 4.69) is 10.3 Å². The molecule has 7 nitrogen and oxygen atoms in total. The van der Waals surface area contributed by atoms with Gasteiger partial charge in [-0.2, -0.15) is 0 Å². The van der Waals surface area contributed by atoms with Crippen molar-refractivity contribution < 1.29 is 9.59 Å². The highest BCUT2D eigenvalue weighted by molar-refractivity contribution is 6.09. The van der Waals surface area contributed by atoms with Crippen LogP contribution in [0.15, 0.2) is 41.5 Å². The minimum atomic E-state index is -0.317. The number of hydrogen-bond donors (Lipinski definition) is 1. The third kappa shape index (κ3) is 2.93. The molecular formula is C18H18N4O3. The Morgan fingerprint density at radius 3 is 2.76 bits per heavy atom. The Labute approximate surface area is 144 Å². The summed E-state index contributed by atoms with van der Waals surface area (Å²) in [4.78, 5) is 42.5. The van der Waals surface area contributed by atoms with Crippen molar-refractivity contribution in [2.24, 2.45) is 0 Å². The lowest BCUT2D eigenvalue weighted by molar-refractivity contribution is -0.122. The topological polar surface area (TPSA) is 84.3 Å². The van der Waals surface area contributed by atoms with E-state index in [4.69, 9.17) is 0 Å².